The van der Waals surface area contributed by atoms with E-state index in [2.05, 4.69) is 193 Å². The number of hydrogen-bond acceptors (Lipinski definition) is 0. The third kappa shape index (κ3) is 8.02. The molecule has 0 amide bonds. The van der Waals surface area contributed by atoms with Gasteiger partial charge in [-0.2, -0.15) is 0 Å². The molecule has 8 rings (SSSR count). The van der Waals surface area contributed by atoms with E-state index in [0.29, 0.717) is 3.63 Å². The van der Waals surface area contributed by atoms with Crippen molar-refractivity contribution in [1.29, 1.82) is 0 Å². The number of halogens is 3. The van der Waals surface area contributed by atoms with Gasteiger partial charge in [-0.15, -0.1) is 0 Å². The molecule has 276 valence electrons. The summed E-state index contributed by atoms with van der Waals surface area (Å²) in [5.41, 5.74) is 16.5. The van der Waals surface area contributed by atoms with Crippen LogP contribution >= 0.6 is 11.6 Å². The Morgan fingerprint density at radius 2 is 1.11 bits per heavy atom. The number of allylic oxidation sites excluding steroid dienone is 4. The summed E-state index contributed by atoms with van der Waals surface area (Å²) in [7, 11) is 0. The average molecular weight is 858 g/mol. The predicted octanol–water partition coefficient (Wildman–Crippen LogP) is 7.28. The maximum absolute atomic E-state index is 6.85. The normalized spacial score (nSPS) is 13.5. The van der Waals surface area contributed by atoms with Crippen LogP contribution in [0.2, 0.25) is 8.65 Å². The fraction of sp³-hybridized carbons (Fsp3) is 0.196. The molecule has 55 heavy (non-hydrogen) atoms. The maximum atomic E-state index is 6.85. The molecule has 0 aromatic heterocycles. The van der Waals surface area contributed by atoms with E-state index in [1.54, 1.807) is 3.27 Å². The van der Waals surface area contributed by atoms with Crippen molar-refractivity contribution in [1.82, 2.24) is 0 Å². The van der Waals surface area contributed by atoms with Crippen LogP contribution in [0.5, 0.6) is 0 Å². The topological polar surface area (TPSA) is 0 Å². The second kappa shape index (κ2) is 16.5. The molecule has 0 heterocycles. The number of rotatable bonds is 6. The first kappa shape index (κ1) is 41.1. The van der Waals surface area contributed by atoms with E-state index >= 15 is 0 Å². The SMILES string of the molecule is CC(C)(C)c1cc2c(cc1-c1ccccc1)Cc1c-2cc(C(C)(C)C)c(-c2ccccc2)[c]1[Zr+2](=[C](c1ccccc1)c1cccc(Cl)c1)[CH]1C=CC=C1.[Cl-].[Cl-]. The molecule has 0 fully saturated rings. The molecule has 0 saturated heterocycles. The zero-order valence-electron chi connectivity index (χ0n) is 32.4. The Hall–Kier alpha value is -3.58. The van der Waals surface area contributed by atoms with Crippen LogP contribution in [0.3, 0.4) is 0 Å². The third-order valence-corrected chi connectivity index (χ3v) is 19.1. The van der Waals surface area contributed by atoms with Gasteiger partial charge in [-0.1, -0.05) is 0 Å². The van der Waals surface area contributed by atoms with Crippen LogP contribution in [0.4, 0.5) is 0 Å². The first-order chi connectivity index (χ1) is 25.5. The van der Waals surface area contributed by atoms with E-state index in [1.165, 1.54) is 70.0 Å². The molecular formula is C51H47Cl3Zr. The minimum absolute atomic E-state index is 0. The fourth-order valence-electron chi connectivity index (χ4n) is 8.46. The van der Waals surface area contributed by atoms with E-state index in [4.69, 9.17) is 11.6 Å². The molecule has 0 bridgehead atoms. The summed E-state index contributed by atoms with van der Waals surface area (Å²) >= 11 is 3.80. The summed E-state index contributed by atoms with van der Waals surface area (Å²) in [6, 6.07) is 49.8. The van der Waals surface area contributed by atoms with E-state index in [9.17, 15) is 0 Å². The summed E-state index contributed by atoms with van der Waals surface area (Å²) in [5, 5.41) is 0.781. The van der Waals surface area contributed by atoms with Gasteiger partial charge in [0.2, 0.25) is 0 Å². The number of benzene rings is 6. The van der Waals surface area contributed by atoms with Gasteiger partial charge >= 0.3 is 331 Å². The molecule has 0 radical (unpaired) electrons. The van der Waals surface area contributed by atoms with Gasteiger partial charge in [-0.25, -0.2) is 0 Å². The molecule has 6 aromatic carbocycles. The van der Waals surface area contributed by atoms with Crippen LogP contribution < -0.4 is 28.1 Å². The second-order valence-electron chi connectivity index (χ2n) is 16.6. The minimum Gasteiger partial charge on any atom is -1.00 e. The minimum atomic E-state index is -3.05. The Morgan fingerprint density at radius 1 is 0.564 bits per heavy atom. The van der Waals surface area contributed by atoms with Crippen molar-refractivity contribution >= 4 is 18.1 Å². The summed E-state index contributed by atoms with van der Waals surface area (Å²) < 4.78 is 3.47. The summed E-state index contributed by atoms with van der Waals surface area (Å²) in [6.07, 6.45) is 10.5. The summed E-state index contributed by atoms with van der Waals surface area (Å²) in [4.78, 5) is 0. The largest absolute Gasteiger partial charge is 1.00 e. The zero-order valence-corrected chi connectivity index (χ0v) is 37.2. The standard InChI is InChI=1S/C33H33.C13H9Cl.C5H5.2ClH.Zr/c1-32(2,3)30-20-26-24(18-28(30)22-13-9-7-10-14-22)17-25-19-29(23-15-11-8-12-16-23)31(21-27(25)26)33(4,5)6;14-13-8-4-7-12(10-13)9-11-5-2-1-3-6-11;1-2-4-5-3-1;;;/h7-16,18,20-21H,17H2,1-6H3;1-8,10H;1-5H;2*1H;/q;;;;;+2/p-2. The zero-order chi connectivity index (χ0) is 36.9. The molecule has 4 heteroatoms. The molecule has 0 spiro atoms. The van der Waals surface area contributed by atoms with Crippen molar-refractivity contribution in [2.45, 2.75) is 62.4 Å². The molecular weight excluding hydrogens is 810 g/mol. The monoisotopic (exact) mass is 854 g/mol. The molecule has 0 atom stereocenters. The quantitative estimate of drug-likeness (QED) is 0.165. The Bertz CT molecular complexity index is 2420. The molecule has 0 aliphatic heterocycles. The smallest absolute Gasteiger partial charge is 1.00 e. The van der Waals surface area contributed by atoms with Crippen LogP contribution in [0.15, 0.2) is 158 Å². The van der Waals surface area contributed by atoms with Gasteiger partial charge in [0.05, 0.1) is 0 Å². The van der Waals surface area contributed by atoms with Gasteiger partial charge < -0.3 is 24.8 Å². The van der Waals surface area contributed by atoms with Gasteiger partial charge in [0, 0.05) is 0 Å². The summed E-state index contributed by atoms with van der Waals surface area (Å²) in [5.74, 6) is 0. The van der Waals surface area contributed by atoms with E-state index in [0.717, 1.165) is 11.4 Å². The van der Waals surface area contributed by atoms with Gasteiger partial charge in [0.1, 0.15) is 0 Å². The number of fused-ring (bicyclic) bond motifs is 3. The Labute approximate surface area is 353 Å². The van der Waals surface area contributed by atoms with Crippen molar-refractivity contribution in [3.05, 3.63) is 196 Å². The van der Waals surface area contributed by atoms with Gasteiger partial charge in [0.15, 0.2) is 0 Å². The molecule has 0 unspecified atom stereocenters. The van der Waals surface area contributed by atoms with E-state index in [1.807, 2.05) is 6.07 Å². The molecule has 0 saturated carbocycles. The van der Waals surface area contributed by atoms with Crippen molar-refractivity contribution < 1.29 is 46.1 Å². The van der Waals surface area contributed by atoms with Crippen LogP contribution in [-0.2, 0) is 38.5 Å². The Kier molecular flexibility index (Phi) is 12.3. The van der Waals surface area contributed by atoms with Gasteiger partial charge in [0.25, 0.3) is 0 Å². The van der Waals surface area contributed by atoms with Gasteiger partial charge in [-0.3, -0.25) is 0 Å². The van der Waals surface area contributed by atoms with Crippen molar-refractivity contribution in [3.63, 3.8) is 0 Å². The van der Waals surface area contributed by atoms with E-state index in [-0.39, 0.29) is 35.6 Å². The van der Waals surface area contributed by atoms with Gasteiger partial charge in [-0.05, 0) is 0 Å². The molecule has 2 aliphatic carbocycles. The molecule has 0 N–H and O–H groups in total. The van der Waals surface area contributed by atoms with Crippen LogP contribution in [-0.4, -0.2) is 3.21 Å². The predicted molar refractivity (Wildman–Crippen MR) is 226 cm³/mol. The van der Waals surface area contributed by atoms with Crippen molar-refractivity contribution in [2.75, 3.05) is 0 Å². The van der Waals surface area contributed by atoms with Crippen LogP contribution in [0, 0.1) is 0 Å². The second-order valence-corrected chi connectivity index (χ2v) is 23.2. The fourth-order valence-corrected chi connectivity index (χ4v) is 17.4. The van der Waals surface area contributed by atoms with Crippen molar-refractivity contribution in [3.8, 4) is 33.4 Å². The average Bonchev–Trinajstić information content (AvgIpc) is 3.81. The van der Waals surface area contributed by atoms with E-state index < -0.39 is 21.3 Å². The van der Waals surface area contributed by atoms with Crippen LogP contribution in [0.1, 0.15) is 74.9 Å². The number of hydrogen-bond donors (Lipinski definition) is 0. The molecule has 6 aromatic rings. The molecule has 2 aliphatic rings. The molecule has 0 nitrogen and oxygen atoms in total. The van der Waals surface area contributed by atoms with Crippen LogP contribution in [0.25, 0.3) is 33.4 Å². The maximum Gasteiger partial charge on any atom is -1.00 e. The Morgan fingerprint density at radius 3 is 1.69 bits per heavy atom. The third-order valence-electron chi connectivity index (χ3n) is 10.9. The Balaban J connectivity index is 0.00000257. The first-order valence-corrected chi connectivity index (χ1v) is 23.1. The van der Waals surface area contributed by atoms with Crippen molar-refractivity contribution in [2.24, 2.45) is 0 Å². The first-order valence-electron chi connectivity index (χ1n) is 18.9. The summed E-state index contributed by atoms with van der Waals surface area (Å²) in [6.45, 7) is 14.3.